The van der Waals surface area contributed by atoms with Crippen LogP contribution in [0.4, 0.5) is 0 Å². The van der Waals surface area contributed by atoms with Crippen LogP contribution in [-0.2, 0) is 9.84 Å². The zero-order chi connectivity index (χ0) is 12.7. The van der Waals surface area contributed by atoms with Gasteiger partial charge < -0.3 is 10.3 Å². The van der Waals surface area contributed by atoms with Gasteiger partial charge in [-0.25, -0.2) is 13.4 Å². The monoisotopic (exact) mass is 259 g/mol. The van der Waals surface area contributed by atoms with E-state index in [9.17, 15) is 8.42 Å². The quantitative estimate of drug-likeness (QED) is 0.737. The van der Waals surface area contributed by atoms with Crippen molar-refractivity contribution in [1.82, 2.24) is 15.3 Å². The SMILES string of the molecule is CCNC(CCCS(=O)(=O)CC)c1ncc[nH]1. The molecule has 1 rings (SSSR count). The molecule has 0 aliphatic carbocycles. The normalized spacial score (nSPS) is 13.8. The Balaban J connectivity index is 2.46. The molecule has 1 heterocycles. The molecule has 1 aromatic rings. The van der Waals surface area contributed by atoms with Crippen LogP contribution in [0.3, 0.4) is 0 Å². The first-order valence-corrected chi connectivity index (χ1v) is 7.84. The zero-order valence-electron chi connectivity index (χ0n) is 10.4. The van der Waals surface area contributed by atoms with Crippen LogP contribution in [0, 0.1) is 0 Å². The van der Waals surface area contributed by atoms with Gasteiger partial charge in [-0.15, -0.1) is 0 Å². The van der Waals surface area contributed by atoms with Gasteiger partial charge in [0.25, 0.3) is 0 Å². The maximum absolute atomic E-state index is 11.4. The molecule has 1 unspecified atom stereocenters. The molecule has 1 atom stereocenters. The average Bonchev–Trinajstić information content (AvgIpc) is 2.81. The molecule has 5 nitrogen and oxygen atoms in total. The van der Waals surface area contributed by atoms with Crippen LogP contribution in [0.15, 0.2) is 12.4 Å². The van der Waals surface area contributed by atoms with Crippen molar-refractivity contribution in [2.75, 3.05) is 18.1 Å². The number of imidazole rings is 1. The van der Waals surface area contributed by atoms with Gasteiger partial charge >= 0.3 is 0 Å². The number of aromatic amines is 1. The van der Waals surface area contributed by atoms with Gasteiger partial charge in [0, 0.05) is 18.1 Å². The Morgan fingerprint density at radius 1 is 1.47 bits per heavy atom. The summed E-state index contributed by atoms with van der Waals surface area (Å²) in [6, 6.07) is 0.113. The van der Waals surface area contributed by atoms with E-state index in [4.69, 9.17) is 0 Å². The van der Waals surface area contributed by atoms with Crippen molar-refractivity contribution >= 4 is 9.84 Å². The Kier molecular flexibility index (Phi) is 5.64. The molecule has 0 saturated heterocycles. The lowest BCUT2D eigenvalue weighted by molar-refractivity contribution is 0.487. The highest BCUT2D eigenvalue weighted by molar-refractivity contribution is 7.91. The summed E-state index contributed by atoms with van der Waals surface area (Å²) < 4.78 is 22.8. The Morgan fingerprint density at radius 2 is 2.24 bits per heavy atom. The Morgan fingerprint density at radius 3 is 2.76 bits per heavy atom. The largest absolute Gasteiger partial charge is 0.347 e. The van der Waals surface area contributed by atoms with E-state index in [1.807, 2.05) is 6.92 Å². The van der Waals surface area contributed by atoms with Crippen LogP contribution >= 0.6 is 0 Å². The lowest BCUT2D eigenvalue weighted by atomic mass is 10.1. The van der Waals surface area contributed by atoms with Crippen molar-refractivity contribution in [3.05, 3.63) is 18.2 Å². The van der Waals surface area contributed by atoms with Crippen molar-refractivity contribution in [3.63, 3.8) is 0 Å². The lowest BCUT2D eigenvalue weighted by Crippen LogP contribution is -2.23. The van der Waals surface area contributed by atoms with Crippen LogP contribution in [0.1, 0.15) is 38.6 Å². The molecule has 0 fully saturated rings. The molecule has 0 aromatic carbocycles. The van der Waals surface area contributed by atoms with Crippen molar-refractivity contribution in [1.29, 1.82) is 0 Å². The molecule has 1 aromatic heterocycles. The Hall–Kier alpha value is -0.880. The van der Waals surface area contributed by atoms with E-state index in [1.165, 1.54) is 0 Å². The van der Waals surface area contributed by atoms with E-state index < -0.39 is 9.84 Å². The number of sulfone groups is 1. The van der Waals surface area contributed by atoms with Gasteiger partial charge in [0.15, 0.2) is 0 Å². The molecule has 98 valence electrons. The summed E-state index contributed by atoms with van der Waals surface area (Å²) >= 11 is 0. The first-order chi connectivity index (χ1) is 8.09. The molecule has 0 aliphatic heterocycles. The number of hydrogen-bond donors (Lipinski definition) is 2. The van der Waals surface area contributed by atoms with E-state index in [1.54, 1.807) is 19.3 Å². The number of nitrogens with zero attached hydrogens (tertiary/aromatic N) is 1. The van der Waals surface area contributed by atoms with E-state index >= 15 is 0 Å². The molecule has 0 bridgehead atoms. The summed E-state index contributed by atoms with van der Waals surface area (Å²) in [4.78, 5) is 7.26. The highest BCUT2D eigenvalue weighted by Gasteiger charge is 2.14. The zero-order valence-corrected chi connectivity index (χ0v) is 11.3. The van der Waals surface area contributed by atoms with E-state index in [0.29, 0.717) is 6.42 Å². The Labute approximate surface area is 103 Å². The van der Waals surface area contributed by atoms with Crippen molar-refractivity contribution in [3.8, 4) is 0 Å². The second kappa shape index (κ2) is 6.76. The first-order valence-electron chi connectivity index (χ1n) is 6.02. The van der Waals surface area contributed by atoms with Gasteiger partial charge in [-0.3, -0.25) is 0 Å². The fraction of sp³-hybridized carbons (Fsp3) is 0.727. The third-order valence-electron chi connectivity index (χ3n) is 2.69. The third-order valence-corrected chi connectivity index (χ3v) is 4.48. The van der Waals surface area contributed by atoms with Crippen LogP contribution in [-0.4, -0.2) is 36.4 Å². The Bertz CT molecular complexity index is 400. The van der Waals surface area contributed by atoms with Gasteiger partial charge in [-0.1, -0.05) is 13.8 Å². The topological polar surface area (TPSA) is 74.8 Å². The van der Waals surface area contributed by atoms with Crippen molar-refractivity contribution in [2.24, 2.45) is 0 Å². The maximum atomic E-state index is 11.4. The van der Waals surface area contributed by atoms with Gasteiger partial charge in [0.05, 0.1) is 11.8 Å². The standard InChI is InChI=1S/C11H21N3O2S/c1-3-12-10(11-13-7-8-14-11)6-5-9-17(15,16)4-2/h7-8,10,12H,3-6,9H2,1-2H3,(H,13,14). The summed E-state index contributed by atoms with van der Waals surface area (Å²) in [6.45, 7) is 4.55. The molecule has 6 heteroatoms. The van der Waals surface area contributed by atoms with Gasteiger partial charge in [0.2, 0.25) is 0 Å². The van der Waals surface area contributed by atoms with Crippen LogP contribution in [0.25, 0.3) is 0 Å². The molecule has 17 heavy (non-hydrogen) atoms. The second-order valence-electron chi connectivity index (χ2n) is 3.96. The summed E-state index contributed by atoms with van der Waals surface area (Å²) in [5.41, 5.74) is 0. The average molecular weight is 259 g/mol. The predicted octanol–water partition coefficient (Wildman–Crippen LogP) is 1.28. The summed E-state index contributed by atoms with van der Waals surface area (Å²) in [5.74, 6) is 1.35. The van der Waals surface area contributed by atoms with Crippen LogP contribution < -0.4 is 5.32 Å². The lowest BCUT2D eigenvalue weighted by Gasteiger charge is -2.15. The van der Waals surface area contributed by atoms with Crippen molar-refractivity contribution < 1.29 is 8.42 Å². The minimum absolute atomic E-state index is 0.113. The third kappa shape index (κ3) is 4.87. The van der Waals surface area contributed by atoms with Crippen LogP contribution in [0.5, 0.6) is 0 Å². The minimum atomic E-state index is -2.86. The van der Waals surface area contributed by atoms with Crippen molar-refractivity contribution in [2.45, 2.75) is 32.7 Å². The molecule has 0 saturated carbocycles. The minimum Gasteiger partial charge on any atom is -0.347 e. The number of nitrogens with one attached hydrogen (secondary N) is 2. The van der Waals surface area contributed by atoms with Crippen LogP contribution in [0.2, 0.25) is 0 Å². The van der Waals surface area contributed by atoms with Gasteiger partial charge in [0.1, 0.15) is 15.7 Å². The van der Waals surface area contributed by atoms with E-state index in [0.717, 1.165) is 18.8 Å². The summed E-state index contributed by atoms with van der Waals surface area (Å²) in [5, 5.41) is 3.30. The molecule has 0 spiro atoms. The van der Waals surface area contributed by atoms with Gasteiger partial charge in [-0.2, -0.15) is 0 Å². The molecule has 0 radical (unpaired) electrons. The number of hydrogen-bond acceptors (Lipinski definition) is 4. The van der Waals surface area contributed by atoms with E-state index in [-0.39, 0.29) is 17.5 Å². The number of H-pyrrole nitrogens is 1. The number of aromatic nitrogens is 2. The predicted molar refractivity (Wildman–Crippen MR) is 68.6 cm³/mol. The highest BCUT2D eigenvalue weighted by atomic mass is 32.2. The first kappa shape index (κ1) is 14.2. The van der Waals surface area contributed by atoms with Gasteiger partial charge in [-0.05, 0) is 19.4 Å². The maximum Gasteiger partial charge on any atom is 0.150 e. The summed E-state index contributed by atoms with van der Waals surface area (Å²) in [6.07, 6.45) is 4.93. The molecule has 0 amide bonds. The molecular formula is C11H21N3O2S. The summed E-state index contributed by atoms with van der Waals surface area (Å²) in [7, 11) is -2.86. The molecule has 2 N–H and O–H groups in total. The smallest absolute Gasteiger partial charge is 0.150 e. The molecular weight excluding hydrogens is 238 g/mol. The van der Waals surface area contributed by atoms with E-state index in [2.05, 4.69) is 15.3 Å². The fourth-order valence-corrected chi connectivity index (χ4v) is 2.60. The fourth-order valence-electron chi connectivity index (χ4n) is 1.70. The second-order valence-corrected chi connectivity index (χ2v) is 6.44. The number of rotatable bonds is 8. The molecule has 0 aliphatic rings. The highest BCUT2D eigenvalue weighted by Crippen LogP contribution is 2.14.